The lowest BCUT2D eigenvalue weighted by Crippen LogP contribution is -2.09. The Balaban J connectivity index is 2.40. The van der Waals surface area contributed by atoms with Crippen molar-refractivity contribution in [2.45, 2.75) is 6.18 Å². The van der Waals surface area contributed by atoms with Crippen LogP contribution >= 0.6 is 22.6 Å². The van der Waals surface area contributed by atoms with E-state index < -0.39 is 11.7 Å². The van der Waals surface area contributed by atoms with E-state index in [0.29, 0.717) is 5.69 Å². The number of rotatable bonds is 2. The first kappa shape index (κ1) is 14.0. The van der Waals surface area contributed by atoms with E-state index in [1.807, 2.05) is 6.07 Å². The van der Waals surface area contributed by atoms with E-state index in [1.54, 1.807) is 18.2 Å². The third kappa shape index (κ3) is 3.52. The van der Waals surface area contributed by atoms with Gasteiger partial charge in [-0.15, -0.1) is 0 Å². The van der Waals surface area contributed by atoms with Crippen LogP contribution in [0.15, 0.2) is 42.5 Å². The van der Waals surface area contributed by atoms with E-state index in [9.17, 15) is 13.2 Å². The largest absolute Gasteiger partial charge is 0.418 e. The summed E-state index contributed by atoms with van der Waals surface area (Å²) >= 11 is 2.10. The van der Waals surface area contributed by atoms with Crippen molar-refractivity contribution in [3.8, 4) is 0 Å². The van der Waals surface area contributed by atoms with Gasteiger partial charge < -0.3 is 11.1 Å². The number of benzene rings is 2. The molecule has 0 unspecified atom stereocenters. The van der Waals surface area contributed by atoms with E-state index >= 15 is 0 Å². The van der Waals surface area contributed by atoms with Gasteiger partial charge >= 0.3 is 6.18 Å². The molecule has 0 atom stereocenters. The lowest BCUT2D eigenvalue weighted by atomic mass is 10.1. The molecule has 0 saturated heterocycles. The molecule has 0 spiro atoms. The average Bonchev–Trinajstić information content (AvgIpc) is 2.30. The van der Waals surface area contributed by atoms with Crippen molar-refractivity contribution in [3.63, 3.8) is 0 Å². The summed E-state index contributed by atoms with van der Waals surface area (Å²) in [7, 11) is 0. The van der Waals surface area contributed by atoms with E-state index in [2.05, 4.69) is 27.9 Å². The van der Waals surface area contributed by atoms with Crippen molar-refractivity contribution < 1.29 is 13.2 Å². The molecule has 100 valence electrons. The second-order valence-corrected chi connectivity index (χ2v) is 5.18. The maximum absolute atomic E-state index is 12.9. The number of halogens is 4. The molecule has 0 aliphatic rings. The van der Waals surface area contributed by atoms with Crippen molar-refractivity contribution in [1.29, 1.82) is 0 Å². The summed E-state index contributed by atoms with van der Waals surface area (Å²) in [6, 6.07) is 10.8. The van der Waals surface area contributed by atoms with Crippen LogP contribution in [-0.4, -0.2) is 0 Å². The number of nitrogens with two attached hydrogens (primary N) is 1. The summed E-state index contributed by atoms with van der Waals surface area (Å²) in [6.07, 6.45) is -4.44. The van der Waals surface area contributed by atoms with Crippen LogP contribution in [0.5, 0.6) is 0 Å². The van der Waals surface area contributed by atoms with Gasteiger partial charge in [0.15, 0.2) is 0 Å². The lowest BCUT2D eigenvalue weighted by molar-refractivity contribution is -0.136. The summed E-state index contributed by atoms with van der Waals surface area (Å²) in [6.45, 7) is 0. The maximum atomic E-state index is 12.9. The molecule has 0 aromatic heterocycles. The van der Waals surface area contributed by atoms with E-state index in [0.717, 1.165) is 9.64 Å². The molecular formula is C13H10F3IN2. The van der Waals surface area contributed by atoms with Crippen molar-refractivity contribution in [2.24, 2.45) is 0 Å². The van der Waals surface area contributed by atoms with Crippen molar-refractivity contribution in [2.75, 3.05) is 11.1 Å². The van der Waals surface area contributed by atoms with Crippen LogP contribution in [0.2, 0.25) is 0 Å². The number of nitrogen functional groups attached to an aromatic ring is 1. The topological polar surface area (TPSA) is 38.0 Å². The molecule has 19 heavy (non-hydrogen) atoms. The second-order valence-electron chi connectivity index (χ2n) is 3.94. The van der Waals surface area contributed by atoms with Gasteiger partial charge in [-0.3, -0.25) is 0 Å². The molecule has 2 aromatic carbocycles. The Labute approximate surface area is 122 Å². The maximum Gasteiger partial charge on any atom is 0.418 e. The first-order valence-corrected chi connectivity index (χ1v) is 6.43. The standard InChI is InChI=1S/C13H10F3IN2/c14-13(15,16)11-7-9(18)4-5-12(11)19-10-3-1-2-8(17)6-10/h1-7,19H,18H2. The highest BCUT2D eigenvalue weighted by Crippen LogP contribution is 2.37. The van der Waals surface area contributed by atoms with Gasteiger partial charge in [0.2, 0.25) is 0 Å². The molecule has 2 nitrogen and oxygen atoms in total. The predicted octanol–water partition coefficient (Wildman–Crippen LogP) is 4.64. The summed E-state index contributed by atoms with van der Waals surface area (Å²) in [5.41, 5.74) is 5.31. The quantitative estimate of drug-likeness (QED) is 0.591. The van der Waals surface area contributed by atoms with Crippen LogP contribution in [-0.2, 0) is 6.18 Å². The van der Waals surface area contributed by atoms with Crippen molar-refractivity contribution in [1.82, 2.24) is 0 Å². The van der Waals surface area contributed by atoms with Gasteiger partial charge in [0, 0.05) is 14.9 Å². The SMILES string of the molecule is Nc1ccc(Nc2cccc(I)c2)c(C(F)(F)F)c1. The molecule has 2 rings (SSSR count). The molecule has 0 aliphatic heterocycles. The minimum Gasteiger partial charge on any atom is -0.399 e. The third-order valence-electron chi connectivity index (χ3n) is 2.45. The second kappa shape index (κ2) is 5.28. The smallest absolute Gasteiger partial charge is 0.399 e. The van der Waals surface area contributed by atoms with Gasteiger partial charge in [0.05, 0.1) is 11.3 Å². The molecular weight excluding hydrogens is 368 g/mol. The van der Waals surface area contributed by atoms with E-state index in [4.69, 9.17) is 5.73 Å². The summed E-state index contributed by atoms with van der Waals surface area (Å²) in [4.78, 5) is 0. The molecule has 3 N–H and O–H groups in total. The Morgan fingerprint density at radius 2 is 1.79 bits per heavy atom. The number of anilines is 3. The normalized spacial score (nSPS) is 11.4. The van der Waals surface area contributed by atoms with Gasteiger partial charge in [0.1, 0.15) is 0 Å². The van der Waals surface area contributed by atoms with Crippen LogP contribution in [0.1, 0.15) is 5.56 Å². The fourth-order valence-corrected chi connectivity index (χ4v) is 2.17. The van der Waals surface area contributed by atoms with Gasteiger partial charge in [-0.05, 0) is 59.0 Å². The first-order chi connectivity index (χ1) is 8.86. The van der Waals surface area contributed by atoms with Crippen LogP contribution in [0, 0.1) is 3.57 Å². The number of alkyl halides is 3. The van der Waals surface area contributed by atoms with Gasteiger partial charge in [0.25, 0.3) is 0 Å². The summed E-state index contributed by atoms with van der Waals surface area (Å²) in [5.74, 6) is 0. The molecule has 6 heteroatoms. The highest BCUT2D eigenvalue weighted by Gasteiger charge is 2.33. The minimum atomic E-state index is -4.44. The zero-order chi connectivity index (χ0) is 14.0. The fourth-order valence-electron chi connectivity index (χ4n) is 1.63. The van der Waals surface area contributed by atoms with Crippen molar-refractivity contribution >= 4 is 39.7 Å². The molecule has 0 fully saturated rings. The molecule has 0 bridgehead atoms. The van der Waals surface area contributed by atoms with Gasteiger partial charge in [-0.1, -0.05) is 6.07 Å². The molecule has 0 heterocycles. The van der Waals surface area contributed by atoms with Crippen LogP contribution < -0.4 is 11.1 Å². The molecule has 0 radical (unpaired) electrons. The van der Waals surface area contributed by atoms with Crippen LogP contribution in [0.4, 0.5) is 30.2 Å². The van der Waals surface area contributed by atoms with Crippen molar-refractivity contribution in [3.05, 3.63) is 51.6 Å². The minimum absolute atomic E-state index is 0.0105. The Morgan fingerprint density at radius 1 is 1.05 bits per heavy atom. The Kier molecular flexibility index (Phi) is 3.88. The zero-order valence-corrected chi connectivity index (χ0v) is 11.8. The predicted molar refractivity (Wildman–Crippen MR) is 78.3 cm³/mol. The number of hydrogen-bond acceptors (Lipinski definition) is 2. The van der Waals surface area contributed by atoms with Crippen LogP contribution in [0.25, 0.3) is 0 Å². The average molecular weight is 378 g/mol. The molecule has 0 aliphatic carbocycles. The monoisotopic (exact) mass is 378 g/mol. The first-order valence-electron chi connectivity index (χ1n) is 5.35. The number of hydrogen-bond donors (Lipinski definition) is 2. The highest BCUT2D eigenvalue weighted by atomic mass is 127. The lowest BCUT2D eigenvalue weighted by Gasteiger charge is -2.15. The zero-order valence-electron chi connectivity index (χ0n) is 9.63. The fraction of sp³-hybridized carbons (Fsp3) is 0.0769. The molecule has 0 amide bonds. The molecule has 0 saturated carbocycles. The van der Waals surface area contributed by atoms with Gasteiger partial charge in [-0.2, -0.15) is 13.2 Å². The van der Waals surface area contributed by atoms with Crippen LogP contribution in [0.3, 0.4) is 0 Å². The number of nitrogens with one attached hydrogen (secondary N) is 1. The molecule has 2 aromatic rings. The summed E-state index contributed by atoms with van der Waals surface area (Å²) in [5, 5.41) is 2.77. The Hall–Kier alpha value is -1.44. The Bertz CT molecular complexity index is 597. The van der Waals surface area contributed by atoms with E-state index in [-0.39, 0.29) is 11.4 Å². The summed E-state index contributed by atoms with van der Waals surface area (Å²) < 4.78 is 39.7. The van der Waals surface area contributed by atoms with Gasteiger partial charge in [-0.25, -0.2) is 0 Å². The van der Waals surface area contributed by atoms with E-state index in [1.165, 1.54) is 12.1 Å². The Morgan fingerprint density at radius 3 is 2.42 bits per heavy atom. The third-order valence-corrected chi connectivity index (χ3v) is 3.12. The highest BCUT2D eigenvalue weighted by molar-refractivity contribution is 14.1.